The molecule has 0 amide bonds. The van der Waals surface area contributed by atoms with Crippen LogP contribution >= 0.6 is 11.6 Å². The van der Waals surface area contributed by atoms with Crippen LogP contribution in [0.3, 0.4) is 0 Å². The minimum absolute atomic E-state index is 0.0432. The Morgan fingerprint density at radius 1 is 1.09 bits per heavy atom. The summed E-state index contributed by atoms with van der Waals surface area (Å²) in [6.45, 7) is -0.434. The Morgan fingerprint density at radius 2 is 1.74 bits per heavy atom. The van der Waals surface area contributed by atoms with Crippen molar-refractivity contribution in [2.45, 2.75) is 17.6 Å². The number of nitrogens with one attached hydrogen (secondary N) is 1. The first-order chi connectivity index (χ1) is 10.6. The summed E-state index contributed by atoms with van der Waals surface area (Å²) in [4.78, 5) is -0.579. The smallest absolute Gasteiger partial charge is 0.207 e. The average Bonchev–Trinajstić information content (AvgIpc) is 2.45. The zero-order valence-corrected chi connectivity index (χ0v) is 12.9. The third kappa shape index (κ3) is 4.21. The van der Waals surface area contributed by atoms with Gasteiger partial charge in [0, 0.05) is 6.54 Å². The molecule has 0 unspecified atom stereocenters. The van der Waals surface area contributed by atoms with E-state index in [-0.39, 0.29) is 5.56 Å². The molecular formula is C14H10ClF4NO2S. The summed E-state index contributed by atoms with van der Waals surface area (Å²) < 4.78 is 77.7. The van der Waals surface area contributed by atoms with Crippen molar-refractivity contribution in [2.24, 2.45) is 0 Å². The van der Waals surface area contributed by atoms with Crippen LogP contribution in [0, 0.1) is 5.82 Å². The molecule has 0 radical (unpaired) electrons. The van der Waals surface area contributed by atoms with E-state index in [1.165, 1.54) is 18.2 Å². The molecule has 3 nitrogen and oxygen atoms in total. The Hall–Kier alpha value is -1.64. The van der Waals surface area contributed by atoms with Gasteiger partial charge in [0.05, 0.1) is 10.6 Å². The van der Waals surface area contributed by atoms with Gasteiger partial charge < -0.3 is 0 Å². The van der Waals surface area contributed by atoms with Crippen LogP contribution in [0.15, 0.2) is 47.4 Å². The largest absolute Gasteiger partial charge is 0.417 e. The highest BCUT2D eigenvalue weighted by Crippen LogP contribution is 2.35. The number of halogens is 5. The van der Waals surface area contributed by atoms with Crippen molar-refractivity contribution < 1.29 is 26.0 Å². The van der Waals surface area contributed by atoms with Gasteiger partial charge in [-0.05, 0) is 29.8 Å². The summed E-state index contributed by atoms with van der Waals surface area (Å²) in [6.07, 6.45) is -4.66. The SMILES string of the molecule is O=S(=O)(NCc1ccc(Cl)c(C(F)(F)F)c1)c1ccccc1F. The van der Waals surface area contributed by atoms with E-state index in [1.54, 1.807) is 0 Å². The minimum atomic E-state index is -4.66. The zero-order chi connectivity index (χ0) is 17.3. The van der Waals surface area contributed by atoms with E-state index in [0.29, 0.717) is 0 Å². The van der Waals surface area contributed by atoms with Crippen LogP contribution in [0.4, 0.5) is 17.6 Å². The fraction of sp³-hybridized carbons (Fsp3) is 0.143. The first-order valence-electron chi connectivity index (χ1n) is 6.21. The maximum absolute atomic E-state index is 13.5. The summed E-state index contributed by atoms with van der Waals surface area (Å²) in [5, 5.41) is -0.488. The van der Waals surface area contributed by atoms with Crippen molar-refractivity contribution in [2.75, 3.05) is 0 Å². The van der Waals surface area contributed by atoms with Crippen LogP contribution in [-0.4, -0.2) is 8.42 Å². The second-order valence-corrected chi connectivity index (χ2v) is 6.71. The lowest BCUT2D eigenvalue weighted by molar-refractivity contribution is -0.137. The van der Waals surface area contributed by atoms with Gasteiger partial charge >= 0.3 is 6.18 Å². The van der Waals surface area contributed by atoms with Gasteiger partial charge in [-0.3, -0.25) is 0 Å². The molecule has 0 aromatic heterocycles. The Labute approximate surface area is 134 Å². The normalized spacial score (nSPS) is 12.4. The molecule has 0 bridgehead atoms. The fourth-order valence-corrected chi connectivity index (χ4v) is 3.14. The van der Waals surface area contributed by atoms with Gasteiger partial charge in [0.1, 0.15) is 10.7 Å². The molecule has 9 heteroatoms. The summed E-state index contributed by atoms with van der Waals surface area (Å²) in [5.74, 6) is -0.952. The van der Waals surface area contributed by atoms with Gasteiger partial charge in [0.2, 0.25) is 10.0 Å². The predicted molar refractivity (Wildman–Crippen MR) is 76.9 cm³/mol. The first kappa shape index (κ1) is 17.7. The quantitative estimate of drug-likeness (QED) is 0.831. The van der Waals surface area contributed by atoms with E-state index in [9.17, 15) is 26.0 Å². The number of hydrogen-bond donors (Lipinski definition) is 1. The molecule has 0 aliphatic rings. The van der Waals surface area contributed by atoms with Crippen molar-refractivity contribution in [3.8, 4) is 0 Å². The molecule has 0 fully saturated rings. The highest BCUT2D eigenvalue weighted by Gasteiger charge is 2.33. The molecule has 0 heterocycles. The summed E-state index contributed by atoms with van der Waals surface area (Å²) >= 11 is 5.48. The molecule has 2 aromatic rings. The highest BCUT2D eigenvalue weighted by molar-refractivity contribution is 7.89. The molecule has 0 spiro atoms. The van der Waals surface area contributed by atoms with Crippen LogP contribution in [0.1, 0.15) is 11.1 Å². The Balaban J connectivity index is 2.23. The number of alkyl halides is 3. The molecule has 0 atom stereocenters. The lowest BCUT2D eigenvalue weighted by Crippen LogP contribution is -2.24. The number of benzene rings is 2. The van der Waals surface area contributed by atoms with E-state index in [0.717, 1.165) is 24.3 Å². The third-order valence-electron chi connectivity index (χ3n) is 2.93. The molecule has 0 aliphatic carbocycles. The second kappa shape index (κ2) is 6.46. The molecule has 124 valence electrons. The molecule has 0 aliphatic heterocycles. The second-order valence-electron chi connectivity index (χ2n) is 4.57. The van der Waals surface area contributed by atoms with Gasteiger partial charge in [-0.15, -0.1) is 0 Å². The third-order valence-corrected chi connectivity index (χ3v) is 4.69. The van der Waals surface area contributed by atoms with Gasteiger partial charge in [0.15, 0.2) is 0 Å². The van der Waals surface area contributed by atoms with Crippen LogP contribution in [0.2, 0.25) is 5.02 Å². The van der Waals surface area contributed by atoms with E-state index >= 15 is 0 Å². The molecule has 0 saturated heterocycles. The van der Waals surface area contributed by atoms with Crippen LogP contribution in [0.5, 0.6) is 0 Å². The van der Waals surface area contributed by atoms with Gasteiger partial charge in [-0.25, -0.2) is 17.5 Å². The molecule has 0 saturated carbocycles. The maximum Gasteiger partial charge on any atom is 0.417 e. The summed E-state index contributed by atoms with van der Waals surface area (Å²) in [5.41, 5.74) is -1.02. The molecular weight excluding hydrogens is 358 g/mol. The van der Waals surface area contributed by atoms with Crippen molar-refractivity contribution in [3.63, 3.8) is 0 Å². The van der Waals surface area contributed by atoms with E-state index in [2.05, 4.69) is 4.72 Å². The van der Waals surface area contributed by atoms with E-state index in [1.807, 2.05) is 0 Å². The first-order valence-corrected chi connectivity index (χ1v) is 8.07. The lowest BCUT2D eigenvalue weighted by Gasteiger charge is -2.12. The van der Waals surface area contributed by atoms with Crippen LogP contribution < -0.4 is 4.72 Å². The zero-order valence-electron chi connectivity index (χ0n) is 11.4. The number of hydrogen-bond acceptors (Lipinski definition) is 2. The standard InChI is InChI=1S/C14H10ClF4NO2S/c15-11-6-5-9(7-10(11)14(17,18)19)8-20-23(21,22)13-4-2-1-3-12(13)16/h1-7,20H,8H2. The monoisotopic (exact) mass is 367 g/mol. The van der Waals surface area contributed by atoms with Crippen LogP contribution in [0.25, 0.3) is 0 Å². The van der Waals surface area contributed by atoms with Crippen molar-refractivity contribution in [1.82, 2.24) is 4.72 Å². The van der Waals surface area contributed by atoms with Gasteiger partial charge in [0.25, 0.3) is 0 Å². The highest BCUT2D eigenvalue weighted by atomic mass is 35.5. The van der Waals surface area contributed by atoms with Crippen molar-refractivity contribution in [1.29, 1.82) is 0 Å². The minimum Gasteiger partial charge on any atom is -0.207 e. The topological polar surface area (TPSA) is 46.2 Å². The van der Waals surface area contributed by atoms with Gasteiger partial charge in [-0.1, -0.05) is 29.8 Å². The molecule has 2 rings (SSSR count). The number of rotatable bonds is 4. The maximum atomic E-state index is 13.5. The lowest BCUT2D eigenvalue weighted by atomic mass is 10.1. The van der Waals surface area contributed by atoms with E-state index in [4.69, 9.17) is 11.6 Å². The van der Waals surface area contributed by atoms with Crippen LogP contribution in [-0.2, 0) is 22.7 Å². The Bertz CT molecular complexity index is 822. The Kier molecular flexibility index (Phi) is 4.98. The summed E-state index contributed by atoms with van der Waals surface area (Å²) in [7, 11) is -4.19. The van der Waals surface area contributed by atoms with Crippen molar-refractivity contribution >= 4 is 21.6 Å². The van der Waals surface area contributed by atoms with E-state index < -0.39 is 44.0 Å². The van der Waals surface area contributed by atoms with Crippen molar-refractivity contribution in [3.05, 3.63) is 64.4 Å². The molecule has 1 N–H and O–H groups in total. The molecule has 2 aromatic carbocycles. The predicted octanol–water partition coefficient (Wildman–Crippen LogP) is 3.98. The van der Waals surface area contributed by atoms with Gasteiger partial charge in [-0.2, -0.15) is 13.2 Å². The number of sulfonamides is 1. The average molecular weight is 368 g/mol. The Morgan fingerprint density at radius 3 is 2.35 bits per heavy atom. The summed E-state index contributed by atoms with van der Waals surface area (Å²) in [6, 6.07) is 7.70. The fourth-order valence-electron chi connectivity index (χ4n) is 1.82. The molecule has 23 heavy (non-hydrogen) atoms.